The molecule has 6 aromatic carbocycles. The lowest BCUT2D eigenvalue weighted by atomic mass is 10.1. The van der Waals surface area contributed by atoms with Crippen LogP contribution in [0.4, 0.5) is 13.2 Å². The lowest BCUT2D eigenvalue weighted by molar-refractivity contribution is -0.0510. The molecule has 0 fully saturated rings. The van der Waals surface area contributed by atoms with Gasteiger partial charge in [0.1, 0.15) is 0 Å². The van der Waals surface area contributed by atoms with E-state index in [0.717, 1.165) is 0 Å². The number of halogens is 3. The van der Waals surface area contributed by atoms with Crippen molar-refractivity contribution in [3.8, 4) is 0 Å². The van der Waals surface area contributed by atoms with Crippen molar-refractivity contribution in [2.45, 2.75) is 5.51 Å². The Balaban J connectivity index is 0.000000182. The van der Waals surface area contributed by atoms with Crippen LogP contribution in [0.2, 0.25) is 0 Å². The van der Waals surface area contributed by atoms with Gasteiger partial charge in [0.2, 0.25) is 0 Å². The Morgan fingerprint density at radius 2 is 0.513 bits per heavy atom. The van der Waals surface area contributed by atoms with Crippen LogP contribution >= 0.6 is 13.5 Å². The van der Waals surface area contributed by atoms with E-state index in [2.05, 4.69) is 146 Å². The van der Waals surface area contributed by atoms with Crippen molar-refractivity contribution in [2.75, 3.05) is 0 Å². The van der Waals surface area contributed by atoms with Crippen LogP contribution in [0.5, 0.6) is 0 Å². The Bertz CT molecular complexity index is 1340. The fourth-order valence-corrected chi connectivity index (χ4v) is 3.40. The summed E-state index contributed by atoms with van der Waals surface area (Å²) in [6.45, 7) is 0. The van der Waals surface area contributed by atoms with E-state index in [-0.39, 0.29) is 13.5 Å². The van der Waals surface area contributed by atoms with E-state index in [1.165, 1.54) is 32.3 Å². The molecule has 0 saturated carbocycles. The molecule has 1 N–H and O–H groups in total. The molecule has 0 amide bonds. The minimum Gasteiger partial charge on any atom is -0.279 e. The molecule has 0 aliphatic rings. The second-order valence-electron chi connectivity index (χ2n) is 7.96. The zero-order valence-electron chi connectivity index (χ0n) is 20.7. The largest absolute Gasteiger partial charge is 0.522 e. The van der Waals surface area contributed by atoms with Crippen molar-refractivity contribution < 1.29 is 26.1 Å². The van der Waals surface area contributed by atoms with Crippen LogP contribution < -0.4 is 0 Å². The van der Waals surface area contributed by atoms with Crippen LogP contribution in [0.3, 0.4) is 0 Å². The molecule has 0 spiro atoms. The maximum Gasteiger partial charge on any atom is 0.522 e. The van der Waals surface area contributed by atoms with Crippen molar-refractivity contribution in [3.63, 3.8) is 0 Å². The SMILES string of the molecule is O=S(=O)(O)C(F)(F)F.S.c1ccc2ccccc2c1.c1ccc2ccccc2c1.c1ccc2ccccc2c1. The standard InChI is InChI=1S/3C10H8.CHF3O3S.H2S/c3*1-2-6-10-8-4-3-7-9(10)5-1;2-1(3,4)8(5,6)7;/h3*1-8H;(H,5,6,7);1H2. The van der Waals surface area contributed by atoms with Crippen molar-refractivity contribution in [3.05, 3.63) is 146 Å². The third-order valence-electron chi connectivity index (χ3n) is 5.27. The van der Waals surface area contributed by atoms with Gasteiger partial charge in [-0.05, 0) is 32.3 Å². The van der Waals surface area contributed by atoms with Gasteiger partial charge >= 0.3 is 15.6 Å². The van der Waals surface area contributed by atoms with Gasteiger partial charge in [-0.15, -0.1) is 0 Å². The first-order valence-electron chi connectivity index (χ1n) is 11.5. The lowest BCUT2D eigenvalue weighted by Crippen LogP contribution is -2.21. The summed E-state index contributed by atoms with van der Waals surface area (Å²) in [6.07, 6.45) is 0. The summed E-state index contributed by atoms with van der Waals surface area (Å²) < 4.78 is 57.5. The average Bonchev–Trinajstić information content (AvgIpc) is 2.93. The minimum atomic E-state index is -5.84. The Labute approximate surface area is 232 Å². The van der Waals surface area contributed by atoms with Crippen LogP contribution in [0.25, 0.3) is 32.3 Å². The fourth-order valence-electron chi connectivity index (χ4n) is 3.40. The van der Waals surface area contributed by atoms with Crippen LogP contribution in [0, 0.1) is 0 Å². The first-order chi connectivity index (χ1) is 18.1. The van der Waals surface area contributed by atoms with Gasteiger partial charge in [-0.3, -0.25) is 4.55 Å². The molecule has 0 saturated heterocycles. The Morgan fingerprint density at radius 3 is 0.590 bits per heavy atom. The monoisotopic (exact) mass is 568 g/mol. The Kier molecular flexibility index (Phi) is 12.0. The number of rotatable bonds is 0. The summed E-state index contributed by atoms with van der Waals surface area (Å²) in [5.74, 6) is 0. The maximum absolute atomic E-state index is 10.7. The van der Waals surface area contributed by atoms with Crippen molar-refractivity contribution in [1.82, 2.24) is 0 Å². The Hall–Kier alpha value is -3.85. The third-order valence-corrected chi connectivity index (χ3v) is 5.85. The molecule has 0 atom stereocenters. The predicted molar refractivity (Wildman–Crippen MR) is 160 cm³/mol. The molecule has 0 aromatic heterocycles. The molecule has 6 rings (SSSR count). The van der Waals surface area contributed by atoms with Crippen molar-refractivity contribution in [2.24, 2.45) is 0 Å². The molecule has 39 heavy (non-hydrogen) atoms. The average molecular weight is 569 g/mol. The van der Waals surface area contributed by atoms with Crippen molar-refractivity contribution >= 4 is 55.9 Å². The number of benzene rings is 6. The topological polar surface area (TPSA) is 54.4 Å². The molecule has 0 aliphatic carbocycles. The van der Waals surface area contributed by atoms with Gasteiger partial charge in [0, 0.05) is 0 Å². The van der Waals surface area contributed by atoms with E-state index in [0.29, 0.717) is 0 Å². The van der Waals surface area contributed by atoms with Gasteiger partial charge in [-0.2, -0.15) is 35.1 Å². The molecule has 0 radical (unpaired) electrons. The number of hydrogen-bond donors (Lipinski definition) is 1. The molecule has 0 unspecified atom stereocenters. The van der Waals surface area contributed by atoms with E-state index >= 15 is 0 Å². The zero-order chi connectivity index (χ0) is 27.4. The summed E-state index contributed by atoms with van der Waals surface area (Å²) in [7, 11) is -5.84. The van der Waals surface area contributed by atoms with Crippen LogP contribution in [0.1, 0.15) is 0 Å². The van der Waals surface area contributed by atoms with Crippen LogP contribution in [0.15, 0.2) is 146 Å². The molecular weight excluding hydrogens is 541 g/mol. The van der Waals surface area contributed by atoms with E-state index in [4.69, 9.17) is 13.0 Å². The molecule has 8 heteroatoms. The van der Waals surface area contributed by atoms with Gasteiger partial charge in [0.25, 0.3) is 0 Å². The Morgan fingerprint density at radius 1 is 0.410 bits per heavy atom. The van der Waals surface area contributed by atoms with Gasteiger partial charge in [-0.25, -0.2) is 0 Å². The summed E-state index contributed by atoms with van der Waals surface area (Å²) in [4.78, 5) is 0. The fraction of sp³-hybridized carbons (Fsp3) is 0.0323. The van der Waals surface area contributed by atoms with E-state index < -0.39 is 15.6 Å². The summed E-state index contributed by atoms with van der Waals surface area (Å²) in [5.41, 5.74) is -5.53. The quantitative estimate of drug-likeness (QED) is 0.147. The highest BCUT2D eigenvalue weighted by Crippen LogP contribution is 2.20. The highest BCUT2D eigenvalue weighted by atomic mass is 32.2. The second kappa shape index (κ2) is 14.9. The van der Waals surface area contributed by atoms with Crippen LogP contribution in [-0.2, 0) is 10.1 Å². The first kappa shape index (κ1) is 31.4. The first-order valence-corrected chi connectivity index (χ1v) is 12.9. The van der Waals surface area contributed by atoms with Gasteiger partial charge in [0.05, 0.1) is 0 Å². The number of fused-ring (bicyclic) bond motifs is 3. The van der Waals surface area contributed by atoms with Crippen molar-refractivity contribution in [1.29, 1.82) is 0 Å². The second-order valence-corrected chi connectivity index (χ2v) is 9.38. The molecular formula is C31H27F3O3S2. The number of hydrogen-bond acceptors (Lipinski definition) is 2. The van der Waals surface area contributed by atoms with E-state index in [1.54, 1.807) is 0 Å². The lowest BCUT2D eigenvalue weighted by Gasteiger charge is -1.97. The molecule has 6 aromatic rings. The normalized spacial score (nSPS) is 10.6. The van der Waals surface area contributed by atoms with Gasteiger partial charge < -0.3 is 0 Å². The third kappa shape index (κ3) is 10.1. The molecule has 0 heterocycles. The van der Waals surface area contributed by atoms with Crippen LogP contribution in [-0.4, -0.2) is 18.5 Å². The molecule has 3 nitrogen and oxygen atoms in total. The zero-order valence-corrected chi connectivity index (χ0v) is 22.5. The maximum atomic E-state index is 10.7. The smallest absolute Gasteiger partial charge is 0.279 e. The molecule has 0 aliphatic heterocycles. The van der Waals surface area contributed by atoms with Gasteiger partial charge in [0.15, 0.2) is 0 Å². The molecule has 202 valence electrons. The minimum absolute atomic E-state index is 0. The molecule has 0 bridgehead atoms. The highest BCUT2D eigenvalue weighted by molar-refractivity contribution is 7.86. The summed E-state index contributed by atoms with van der Waals surface area (Å²) in [5, 5.41) is 7.86. The van der Waals surface area contributed by atoms with E-state index in [1.807, 2.05) is 0 Å². The number of alkyl halides is 3. The summed E-state index contributed by atoms with van der Waals surface area (Å²) in [6, 6.07) is 50.1. The van der Waals surface area contributed by atoms with Gasteiger partial charge in [-0.1, -0.05) is 146 Å². The predicted octanol–water partition coefficient (Wildman–Crippen LogP) is 9.03. The summed E-state index contributed by atoms with van der Waals surface area (Å²) >= 11 is 0. The highest BCUT2D eigenvalue weighted by Gasteiger charge is 2.44. The van der Waals surface area contributed by atoms with E-state index in [9.17, 15) is 13.2 Å².